The number of hydrogen-bond acceptors (Lipinski definition) is 4. The van der Waals surface area contributed by atoms with Gasteiger partial charge in [-0.3, -0.25) is 4.79 Å². The summed E-state index contributed by atoms with van der Waals surface area (Å²) in [4.78, 5) is 17.0. The first kappa shape index (κ1) is 19.3. The van der Waals surface area contributed by atoms with Crippen molar-refractivity contribution in [1.82, 2.24) is 14.9 Å². The molecule has 2 aromatic carbocycles. The number of ether oxygens (including phenoxy) is 2. The highest BCUT2D eigenvalue weighted by Crippen LogP contribution is 2.30. The molecule has 1 aliphatic carbocycles. The van der Waals surface area contributed by atoms with E-state index < -0.39 is 0 Å². The van der Waals surface area contributed by atoms with Crippen molar-refractivity contribution in [3.8, 4) is 11.5 Å². The molecule has 1 unspecified atom stereocenters. The fourth-order valence-corrected chi connectivity index (χ4v) is 3.49. The van der Waals surface area contributed by atoms with Crippen molar-refractivity contribution >= 4 is 16.9 Å². The monoisotopic (exact) mass is 393 g/mol. The molecule has 1 N–H and O–H groups in total. The molecule has 6 heteroatoms. The molecule has 1 atom stereocenters. The lowest BCUT2D eigenvalue weighted by molar-refractivity contribution is -0.123. The number of aromatic nitrogens is 2. The van der Waals surface area contributed by atoms with Crippen LogP contribution >= 0.6 is 0 Å². The number of nitrogens with one attached hydrogen (secondary N) is 1. The molecule has 152 valence electrons. The Balaban J connectivity index is 1.42. The third kappa shape index (κ3) is 4.53. The van der Waals surface area contributed by atoms with Crippen molar-refractivity contribution in [2.45, 2.75) is 38.8 Å². The Morgan fingerprint density at radius 1 is 1.17 bits per heavy atom. The van der Waals surface area contributed by atoms with Crippen LogP contribution in [0.2, 0.25) is 0 Å². The molecule has 4 rings (SSSR count). The summed E-state index contributed by atoms with van der Waals surface area (Å²) < 4.78 is 13.2. The molecule has 0 spiro atoms. The molecule has 29 heavy (non-hydrogen) atoms. The van der Waals surface area contributed by atoms with Crippen LogP contribution in [-0.2, 0) is 11.3 Å². The number of fused-ring (bicyclic) bond motifs is 1. The smallest absolute Gasteiger partial charge is 0.223 e. The molecular weight excluding hydrogens is 366 g/mol. The van der Waals surface area contributed by atoms with Gasteiger partial charge in [0.25, 0.3) is 0 Å². The van der Waals surface area contributed by atoms with Crippen molar-refractivity contribution in [2.24, 2.45) is 5.92 Å². The number of carbonyl (C=O) groups excluding carboxylic acids is 1. The van der Waals surface area contributed by atoms with E-state index >= 15 is 0 Å². The van der Waals surface area contributed by atoms with Crippen LogP contribution in [0.1, 0.15) is 38.1 Å². The molecule has 1 aliphatic rings. The first-order chi connectivity index (χ1) is 14.2. The Bertz CT molecular complexity index is 977. The normalized spacial score (nSPS) is 14.6. The third-order valence-electron chi connectivity index (χ3n) is 5.23. The minimum Gasteiger partial charge on any atom is -0.497 e. The van der Waals surface area contributed by atoms with E-state index in [1.54, 1.807) is 7.11 Å². The second-order valence-corrected chi connectivity index (χ2v) is 7.49. The minimum absolute atomic E-state index is 0.127. The molecule has 0 aliphatic heterocycles. The average Bonchev–Trinajstić information content (AvgIpc) is 3.53. The summed E-state index contributed by atoms with van der Waals surface area (Å²) in [5, 5.41) is 3.12. The van der Waals surface area contributed by atoms with Crippen LogP contribution in [0.4, 0.5) is 0 Å². The second kappa shape index (κ2) is 8.55. The van der Waals surface area contributed by atoms with Gasteiger partial charge in [-0.05, 0) is 62.6 Å². The maximum atomic E-state index is 12.2. The van der Waals surface area contributed by atoms with E-state index in [0.717, 1.165) is 54.2 Å². The van der Waals surface area contributed by atoms with E-state index in [9.17, 15) is 4.79 Å². The number of benzene rings is 2. The van der Waals surface area contributed by atoms with Crippen LogP contribution in [0.3, 0.4) is 0 Å². The van der Waals surface area contributed by atoms with E-state index in [0.29, 0.717) is 6.61 Å². The van der Waals surface area contributed by atoms with Crippen molar-refractivity contribution < 1.29 is 14.3 Å². The highest BCUT2D eigenvalue weighted by atomic mass is 16.5. The summed E-state index contributed by atoms with van der Waals surface area (Å²) in [5.41, 5.74) is 2.03. The fourth-order valence-electron chi connectivity index (χ4n) is 3.49. The zero-order chi connectivity index (χ0) is 20.2. The minimum atomic E-state index is -0.127. The quantitative estimate of drug-likeness (QED) is 0.556. The number of amides is 1. The topological polar surface area (TPSA) is 65.4 Å². The van der Waals surface area contributed by atoms with Crippen LogP contribution < -0.4 is 14.8 Å². The molecule has 1 heterocycles. The average molecular weight is 393 g/mol. The summed E-state index contributed by atoms with van der Waals surface area (Å²) in [7, 11) is 1.65. The van der Waals surface area contributed by atoms with Crippen molar-refractivity contribution in [2.75, 3.05) is 13.7 Å². The largest absolute Gasteiger partial charge is 0.497 e. The van der Waals surface area contributed by atoms with E-state index in [2.05, 4.69) is 16.0 Å². The molecule has 3 aromatic rings. The van der Waals surface area contributed by atoms with Gasteiger partial charge in [-0.25, -0.2) is 4.98 Å². The molecule has 1 amide bonds. The predicted molar refractivity (Wildman–Crippen MR) is 112 cm³/mol. The molecule has 0 saturated heterocycles. The van der Waals surface area contributed by atoms with Gasteiger partial charge >= 0.3 is 0 Å². The first-order valence-corrected chi connectivity index (χ1v) is 10.2. The zero-order valence-electron chi connectivity index (χ0n) is 16.9. The van der Waals surface area contributed by atoms with Crippen LogP contribution in [0.25, 0.3) is 11.0 Å². The van der Waals surface area contributed by atoms with Gasteiger partial charge in [0.05, 0.1) is 30.8 Å². The number of imidazole rings is 1. The highest BCUT2D eigenvalue weighted by Gasteiger charge is 2.31. The van der Waals surface area contributed by atoms with E-state index in [1.165, 1.54) is 0 Å². The maximum absolute atomic E-state index is 12.2. The van der Waals surface area contributed by atoms with Gasteiger partial charge in [0, 0.05) is 12.5 Å². The summed E-state index contributed by atoms with van der Waals surface area (Å²) >= 11 is 0. The highest BCUT2D eigenvalue weighted by molar-refractivity contribution is 5.81. The number of nitrogens with zero attached hydrogens (tertiary/aromatic N) is 2. The molecule has 6 nitrogen and oxygen atoms in total. The van der Waals surface area contributed by atoms with Crippen molar-refractivity contribution in [1.29, 1.82) is 0 Å². The van der Waals surface area contributed by atoms with Gasteiger partial charge in [-0.2, -0.15) is 0 Å². The molecule has 1 saturated carbocycles. The molecule has 0 bridgehead atoms. The Labute approximate surface area is 170 Å². The molecular formula is C23H27N3O3. The van der Waals surface area contributed by atoms with Gasteiger partial charge in [0.2, 0.25) is 5.91 Å². The maximum Gasteiger partial charge on any atom is 0.223 e. The predicted octanol–water partition coefficient (Wildman–Crippen LogP) is 4.10. The van der Waals surface area contributed by atoms with E-state index in [-0.39, 0.29) is 17.9 Å². The van der Waals surface area contributed by atoms with Crippen LogP contribution in [0.5, 0.6) is 11.5 Å². The summed E-state index contributed by atoms with van der Waals surface area (Å²) in [6, 6.07) is 15.6. The van der Waals surface area contributed by atoms with Crippen LogP contribution in [-0.4, -0.2) is 29.2 Å². The number of methoxy groups -OCH3 is 1. The Kier molecular flexibility index (Phi) is 5.69. The van der Waals surface area contributed by atoms with Crippen molar-refractivity contribution in [3.05, 3.63) is 54.4 Å². The Morgan fingerprint density at radius 2 is 1.90 bits per heavy atom. The number of rotatable bonds is 9. The SMILES string of the molecule is COc1ccc(OCCCn2c(C(C)NC(=O)C3CC3)nc3ccccc32)cc1. The summed E-state index contributed by atoms with van der Waals surface area (Å²) in [6.07, 6.45) is 2.83. The number of aryl methyl sites for hydroxylation is 1. The van der Waals surface area contributed by atoms with Gasteiger partial charge in [0.1, 0.15) is 17.3 Å². The lowest BCUT2D eigenvalue weighted by atomic mass is 10.2. The van der Waals surface area contributed by atoms with Crippen LogP contribution in [0.15, 0.2) is 48.5 Å². The van der Waals surface area contributed by atoms with E-state index in [1.807, 2.05) is 49.4 Å². The van der Waals surface area contributed by atoms with Gasteiger partial charge in [0.15, 0.2) is 0 Å². The van der Waals surface area contributed by atoms with Crippen molar-refractivity contribution in [3.63, 3.8) is 0 Å². The number of carbonyl (C=O) groups is 1. The Morgan fingerprint density at radius 3 is 2.62 bits per heavy atom. The Hall–Kier alpha value is -3.02. The second-order valence-electron chi connectivity index (χ2n) is 7.49. The van der Waals surface area contributed by atoms with Gasteiger partial charge < -0.3 is 19.4 Å². The summed E-state index contributed by atoms with van der Waals surface area (Å²) in [5.74, 6) is 2.86. The van der Waals surface area contributed by atoms with Gasteiger partial charge in [-0.15, -0.1) is 0 Å². The lowest BCUT2D eigenvalue weighted by Gasteiger charge is -2.16. The summed E-state index contributed by atoms with van der Waals surface area (Å²) in [6.45, 7) is 3.38. The van der Waals surface area contributed by atoms with Crippen LogP contribution in [0, 0.1) is 5.92 Å². The number of hydrogen-bond donors (Lipinski definition) is 1. The molecule has 1 aromatic heterocycles. The third-order valence-corrected chi connectivity index (χ3v) is 5.23. The number of para-hydroxylation sites is 2. The first-order valence-electron chi connectivity index (χ1n) is 10.2. The zero-order valence-corrected chi connectivity index (χ0v) is 16.9. The lowest BCUT2D eigenvalue weighted by Crippen LogP contribution is -2.30. The van der Waals surface area contributed by atoms with E-state index in [4.69, 9.17) is 14.5 Å². The van der Waals surface area contributed by atoms with Gasteiger partial charge in [-0.1, -0.05) is 12.1 Å². The standard InChI is InChI=1S/C23H27N3O3/c1-16(24-23(27)17-8-9-17)22-25-20-6-3-4-7-21(20)26(22)14-5-15-29-19-12-10-18(28-2)11-13-19/h3-4,6-7,10-13,16-17H,5,8-9,14-15H2,1-2H3,(H,24,27). The fraction of sp³-hybridized carbons (Fsp3) is 0.391. The molecule has 0 radical (unpaired) electrons. The molecule has 1 fully saturated rings.